The second-order valence-electron chi connectivity index (χ2n) is 10.7. The van der Waals surface area contributed by atoms with Crippen molar-refractivity contribution in [1.82, 2.24) is 5.32 Å². The summed E-state index contributed by atoms with van der Waals surface area (Å²) in [5.74, 6) is 0. The molecule has 0 aliphatic carbocycles. The van der Waals surface area contributed by atoms with Gasteiger partial charge >= 0.3 is 0 Å². The van der Waals surface area contributed by atoms with Crippen LogP contribution >= 0.6 is 0 Å². The molecule has 0 aromatic heterocycles. The van der Waals surface area contributed by atoms with Crippen molar-refractivity contribution in [1.29, 1.82) is 0 Å². The summed E-state index contributed by atoms with van der Waals surface area (Å²) < 4.78 is 38.5. The van der Waals surface area contributed by atoms with Crippen LogP contribution in [0, 0.1) is 0 Å². The summed E-state index contributed by atoms with van der Waals surface area (Å²) in [6, 6.07) is 0. The van der Waals surface area contributed by atoms with Gasteiger partial charge in [-0.1, -0.05) is 103 Å². The molecule has 0 radical (unpaired) electrons. The molecule has 0 heterocycles. The van der Waals surface area contributed by atoms with E-state index in [-0.39, 0.29) is 0 Å². The van der Waals surface area contributed by atoms with Crippen molar-refractivity contribution in [2.75, 3.05) is 106 Å². The molecule has 0 spiro atoms. The van der Waals surface area contributed by atoms with Crippen molar-refractivity contribution in [3.63, 3.8) is 0 Å². The van der Waals surface area contributed by atoms with E-state index in [1.54, 1.807) is 0 Å². The van der Waals surface area contributed by atoms with Crippen LogP contribution in [0.1, 0.15) is 110 Å². The molecular formula is C33H69NO7. The van der Waals surface area contributed by atoms with E-state index in [1.807, 2.05) is 7.05 Å². The van der Waals surface area contributed by atoms with Gasteiger partial charge in [0.1, 0.15) is 0 Å². The number of rotatable bonds is 38. The number of hydrogen-bond donors (Lipinski definition) is 1. The van der Waals surface area contributed by atoms with E-state index in [9.17, 15) is 0 Å². The first-order valence-electron chi connectivity index (χ1n) is 17.1. The lowest BCUT2D eigenvalue weighted by Gasteiger charge is -2.08. The Morgan fingerprint density at radius 2 is 0.537 bits per heavy atom. The summed E-state index contributed by atoms with van der Waals surface area (Å²) in [7, 11) is 1.91. The molecule has 248 valence electrons. The minimum absolute atomic E-state index is 0.559. The van der Waals surface area contributed by atoms with Crippen molar-refractivity contribution in [2.24, 2.45) is 0 Å². The van der Waals surface area contributed by atoms with Crippen LogP contribution in [0.5, 0.6) is 0 Å². The Hall–Kier alpha value is -0.320. The molecule has 0 saturated heterocycles. The van der Waals surface area contributed by atoms with Crippen LogP contribution < -0.4 is 5.32 Å². The molecule has 0 aliphatic rings. The summed E-state index contributed by atoms with van der Waals surface area (Å²) >= 11 is 0. The molecule has 0 bridgehead atoms. The predicted octanol–water partition coefficient (Wildman–Crippen LogP) is 6.58. The first-order valence-corrected chi connectivity index (χ1v) is 17.1. The number of ether oxygens (including phenoxy) is 7. The average Bonchev–Trinajstić information content (AvgIpc) is 2.98. The Bertz CT molecular complexity index is 408. The topological polar surface area (TPSA) is 76.6 Å². The van der Waals surface area contributed by atoms with E-state index >= 15 is 0 Å². The van der Waals surface area contributed by atoms with E-state index in [4.69, 9.17) is 33.2 Å². The highest BCUT2D eigenvalue weighted by molar-refractivity contribution is 4.50. The van der Waals surface area contributed by atoms with Gasteiger partial charge in [0, 0.05) is 13.2 Å². The molecule has 0 aliphatic heterocycles. The molecule has 8 heteroatoms. The monoisotopic (exact) mass is 592 g/mol. The zero-order chi connectivity index (χ0) is 29.6. The molecule has 8 nitrogen and oxygen atoms in total. The molecule has 0 aromatic carbocycles. The quantitative estimate of drug-likeness (QED) is 0.0807. The lowest BCUT2D eigenvalue weighted by molar-refractivity contribution is -0.0204. The molecule has 1 N–H and O–H groups in total. The third kappa shape index (κ3) is 39.7. The minimum Gasteiger partial charge on any atom is -0.379 e. The zero-order valence-corrected chi connectivity index (χ0v) is 27.3. The van der Waals surface area contributed by atoms with E-state index < -0.39 is 0 Å². The number of hydrogen-bond acceptors (Lipinski definition) is 8. The van der Waals surface area contributed by atoms with Crippen LogP contribution in [0.4, 0.5) is 0 Å². The van der Waals surface area contributed by atoms with E-state index in [0.29, 0.717) is 85.9 Å². The molecule has 0 saturated carbocycles. The van der Waals surface area contributed by atoms with Gasteiger partial charge in [0.25, 0.3) is 0 Å². The highest BCUT2D eigenvalue weighted by Crippen LogP contribution is 2.13. The first kappa shape index (κ1) is 40.7. The third-order valence-electron chi connectivity index (χ3n) is 6.87. The zero-order valence-electron chi connectivity index (χ0n) is 27.3. The Morgan fingerprint density at radius 3 is 0.829 bits per heavy atom. The fraction of sp³-hybridized carbons (Fsp3) is 1.00. The molecule has 0 atom stereocenters. The molecule has 0 rings (SSSR count). The van der Waals surface area contributed by atoms with Crippen molar-refractivity contribution in [3.8, 4) is 0 Å². The minimum atomic E-state index is 0.559. The maximum absolute atomic E-state index is 5.68. The number of nitrogens with one attached hydrogen (secondary N) is 1. The summed E-state index contributed by atoms with van der Waals surface area (Å²) in [5, 5.41) is 3.03. The second kappa shape index (κ2) is 39.7. The molecule has 0 amide bonds. The molecule has 0 unspecified atom stereocenters. The van der Waals surface area contributed by atoms with Crippen molar-refractivity contribution < 1.29 is 33.2 Å². The van der Waals surface area contributed by atoms with E-state index in [0.717, 1.165) is 19.6 Å². The summed E-state index contributed by atoms with van der Waals surface area (Å²) in [5.41, 5.74) is 0. The van der Waals surface area contributed by atoms with Gasteiger partial charge in [0.15, 0.2) is 0 Å². The van der Waals surface area contributed by atoms with Crippen LogP contribution in [-0.2, 0) is 33.2 Å². The Kier molecular flexibility index (Phi) is 39.4. The molecule has 0 fully saturated rings. The lowest BCUT2D eigenvalue weighted by atomic mass is 10.0. The van der Waals surface area contributed by atoms with Crippen LogP contribution in [0.3, 0.4) is 0 Å². The SMILES string of the molecule is CCCCCCCCCCCCCCCCCCOCCOCCOCCOCCOCCOCCOCCNC. The summed E-state index contributed by atoms with van der Waals surface area (Å²) in [6.07, 6.45) is 22.3. The maximum atomic E-state index is 5.68. The smallest absolute Gasteiger partial charge is 0.0701 e. The van der Waals surface area contributed by atoms with Crippen molar-refractivity contribution >= 4 is 0 Å². The highest BCUT2D eigenvalue weighted by atomic mass is 16.6. The first-order chi connectivity index (χ1) is 20.4. The van der Waals surface area contributed by atoms with Crippen molar-refractivity contribution in [3.05, 3.63) is 0 Å². The van der Waals surface area contributed by atoms with Gasteiger partial charge in [-0.15, -0.1) is 0 Å². The highest BCUT2D eigenvalue weighted by Gasteiger charge is 1.97. The summed E-state index contributed by atoms with van der Waals surface area (Å²) in [6.45, 7) is 11.8. The van der Waals surface area contributed by atoms with Gasteiger partial charge in [0.05, 0.1) is 85.9 Å². The van der Waals surface area contributed by atoms with Gasteiger partial charge in [-0.05, 0) is 13.5 Å². The van der Waals surface area contributed by atoms with Crippen LogP contribution in [0.25, 0.3) is 0 Å². The molecule has 41 heavy (non-hydrogen) atoms. The molecule has 0 aromatic rings. The van der Waals surface area contributed by atoms with Crippen LogP contribution in [-0.4, -0.2) is 106 Å². The Labute approximate surface area is 254 Å². The van der Waals surface area contributed by atoms with Gasteiger partial charge in [-0.2, -0.15) is 0 Å². The maximum Gasteiger partial charge on any atom is 0.0701 e. The Morgan fingerprint density at radius 1 is 0.293 bits per heavy atom. The van der Waals surface area contributed by atoms with E-state index in [2.05, 4.69) is 12.2 Å². The summed E-state index contributed by atoms with van der Waals surface area (Å²) in [4.78, 5) is 0. The fourth-order valence-corrected chi connectivity index (χ4v) is 4.35. The van der Waals surface area contributed by atoms with Crippen LogP contribution in [0.2, 0.25) is 0 Å². The second-order valence-corrected chi connectivity index (χ2v) is 10.7. The van der Waals surface area contributed by atoms with Crippen LogP contribution in [0.15, 0.2) is 0 Å². The lowest BCUT2D eigenvalue weighted by Crippen LogP contribution is -2.17. The third-order valence-corrected chi connectivity index (χ3v) is 6.87. The molecular weight excluding hydrogens is 522 g/mol. The average molecular weight is 592 g/mol. The van der Waals surface area contributed by atoms with Gasteiger partial charge in [-0.3, -0.25) is 0 Å². The fourth-order valence-electron chi connectivity index (χ4n) is 4.35. The van der Waals surface area contributed by atoms with Gasteiger partial charge < -0.3 is 38.5 Å². The standard InChI is InChI=1S/C33H69NO7/c1-3-4-5-6-7-8-9-10-11-12-13-14-15-16-17-18-20-35-22-24-37-26-28-39-30-32-41-33-31-40-29-27-38-25-23-36-21-19-34-2/h34H,3-33H2,1-2H3. The van der Waals surface area contributed by atoms with Gasteiger partial charge in [-0.25, -0.2) is 0 Å². The van der Waals surface area contributed by atoms with Gasteiger partial charge in [0.2, 0.25) is 0 Å². The largest absolute Gasteiger partial charge is 0.379 e. The number of unbranched alkanes of at least 4 members (excludes halogenated alkanes) is 15. The normalized spacial score (nSPS) is 11.6. The number of likely N-dealkylation sites (N-methyl/N-ethyl adjacent to an activating group) is 1. The predicted molar refractivity (Wildman–Crippen MR) is 169 cm³/mol. The van der Waals surface area contributed by atoms with E-state index in [1.165, 1.54) is 96.3 Å². The van der Waals surface area contributed by atoms with Crippen molar-refractivity contribution in [2.45, 2.75) is 110 Å². The Balaban J connectivity index is 3.02.